The quantitative estimate of drug-likeness (QED) is 0.154. The molecule has 1 fully saturated rings. The Kier molecular flexibility index (Phi) is 13.0. The molecule has 0 radical (unpaired) electrons. The number of hydrogen-bond acceptors (Lipinski definition) is 6. The standard InChI is InChI=1S/C38H64O5SSi2/c1-16-32(42-45(12,13)36(4,5)6)38(10,43-46(14,15)37(7,8)9)34-28(3)33(27(2)26-44-31-20-18-17-19-21-31)40-35(41-34)29-22-24-30(39-11)25-23-29/h17-25,27-28,32-35H,16,26H2,1-15H3/t27-,28+,32-,33+,34-,35?,38-/m1/s1. The van der Waals surface area contributed by atoms with Crippen LogP contribution in [0.5, 0.6) is 5.75 Å². The lowest BCUT2D eigenvalue weighted by Gasteiger charge is -2.56. The number of methoxy groups -OCH3 is 1. The first-order valence-electron chi connectivity index (χ1n) is 17.2. The molecule has 0 aromatic heterocycles. The highest BCUT2D eigenvalue weighted by Crippen LogP contribution is 2.49. The normalized spacial score (nSPS) is 24.2. The molecule has 5 nitrogen and oxygen atoms in total. The molecule has 7 atom stereocenters. The van der Waals surface area contributed by atoms with Gasteiger partial charge in [-0.1, -0.05) is 92.6 Å². The van der Waals surface area contributed by atoms with Crippen LogP contribution in [-0.4, -0.2) is 53.4 Å². The summed E-state index contributed by atoms with van der Waals surface area (Å²) in [6.07, 6.45) is -0.142. The number of benzene rings is 2. The lowest BCUT2D eigenvalue weighted by molar-refractivity contribution is -0.316. The first-order valence-corrected chi connectivity index (χ1v) is 24.0. The molecule has 0 spiro atoms. The Hall–Kier alpha value is -1.14. The van der Waals surface area contributed by atoms with Crippen LogP contribution < -0.4 is 4.74 Å². The Bertz CT molecular complexity index is 1220. The maximum Gasteiger partial charge on any atom is 0.193 e. The molecule has 0 aliphatic carbocycles. The zero-order valence-corrected chi connectivity index (χ0v) is 34.3. The van der Waals surface area contributed by atoms with Crippen LogP contribution in [-0.2, 0) is 18.3 Å². The summed E-state index contributed by atoms with van der Waals surface area (Å²) in [5.41, 5.74) is 0.282. The van der Waals surface area contributed by atoms with Crippen molar-refractivity contribution in [2.75, 3.05) is 12.9 Å². The minimum Gasteiger partial charge on any atom is -0.497 e. The van der Waals surface area contributed by atoms with Crippen molar-refractivity contribution in [1.29, 1.82) is 0 Å². The maximum atomic E-state index is 7.62. The third-order valence-electron chi connectivity index (χ3n) is 10.9. The fraction of sp³-hybridized carbons (Fsp3) is 0.684. The number of hydrogen-bond donors (Lipinski definition) is 0. The zero-order valence-electron chi connectivity index (χ0n) is 31.5. The van der Waals surface area contributed by atoms with Gasteiger partial charge in [0.15, 0.2) is 22.9 Å². The number of rotatable bonds is 13. The summed E-state index contributed by atoms with van der Waals surface area (Å²) in [4.78, 5) is 1.28. The van der Waals surface area contributed by atoms with Crippen molar-refractivity contribution in [2.24, 2.45) is 11.8 Å². The van der Waals surface area contributed by atoms with Gasteiger partial charge in [0.25, 0.3) is 0 Å². The van der Waals surface area contributed by atoms with Gasteiger partial charge in [-0.05, 0) is 79.8 Å². The molecule has 3 rings (SSSR count). The molecule has 0 amide bonds. The summed E-state index contributed by atoms with van der Waals surface area (Å²) in [6.45, 7) is 32.4. The van der Waals surface area contributed by atoms with E-state index in [2.05, 4.69) is 138 Å². The predicted molar refractivity (Wildman–Crippen MR) is 200 cm³/mol. The fourth-order valence-electron chi connectivity index (χ4n) is 5.94. The van der Waals surface area contributed by atoms with E-state index in [0.29, 0.717) is 0 Å². The second-order valence-corrected chi connectivity index (χ2v) is 27.1. The van der Waals surface area contributed by atoms with Crippen LogP contribution >= 0.6 is 11.8 Å². The van der Waals surface area contributed by atoms with Crippen molar-refractivity contribution in [3.05, 3.63) is 60.2 Å². The lowest BCUT2D eigenvalue weighted by atomic mass is 9.78. The third kappa shape index (κ3) is 9.10. The number of ether oxygens (including phenoxy) is 3. The molecule has 0 bridgehead atoms. The lowest BCUT2D eigenvalue weighted by Crippen LogP contribution is -2.66. The highest BCUT2D eigenvalue weighted by atomic mass is 32.2. The van der Waals surface area contributed by atoms with Gasteiger partial charge in [0.05, 0.1) is 25.4 Å². The van der Waals surface area contributed by atoms with Crippen LogP contribution in [0.1, 0.15) is 87.5 Å². The van der Waals surface area contributed by atoms with E-state index in [4.69, 9.17) is 23.1 Å². The minimum absolute atomic E-state index is 0.0202. The molecule has 1 aliphatic rings. The van der Waals surface area contributed by atoms with E-state index < -0.39 is 28.5 Å². The molecule has 2 aromatic carbocycles. The van der Waals surface area contributed by atoms with E-state index in [1.54, 1.807) is 7.11 Å². The van der Waals surface area contributed by atoms with E-state index in [1.807, 2.05) is 23.9 Å². The van der Waals surface area contributed by atoms with E-state index >= 15 is 0 Å². The van der Waals surface area contributed by atoms with E-state index in [1.165, 1.54) is 4.90 Å². The fourth-order valence-corrected chi connectivity index (χ4v) is 10.1. The van der Waals surface area contributed by atoms with Crippen LogP contribution in [0.3, 0.4) is 0 Å². The average Bonchev–Trinajstić information content (AvgIpc) is 2.97. The Morgan fingerprint density at radius 3 is 1.89 bits per heavy atom. The van der Waals surface area contributed by atoms with Gasteiger partial charge in [-0.3, -0.25) is 0 Å². The minimum atomic E-state index is -2.28. The first-order chi connectivity index (χ1) is 21.2. The van der Waals surface area contributed by atoms with Crippen LogP contribution in [0.4, 0.5) is 0 Å². The van der Waals surface area contributed by atoms with Crippen LogP contribution in [0.2, 0.25) is 36.3 Å². The summed E-state index contributed by atoms with van der Waals surface area (Å²) >= 11 is 1.89. The predicted octanol–water partition coefficient (Wildman–Crippen LogP) is 11.1. The molecule has 0 saturated carbocycles. The van der Waals surface area contributed by atoms with Crippen molar-refractivity contribution in [3.63, 3.8) is 0 Å². The average molecular weight is 689 g/mol. The van der Waals surface area contributed by atoms with E-state index in [-0.39, 0.29) is 40.2 Å². The van der Waals surface area contributed by atoms with Crippen molar-refractivity contribution in [2.45, 2.75) is 147 Å². The first kappa shape index (κ1) is 39.3. The van der Waals surface area contributed by atoms with Gasteiger partial charge in [0, 0.05) is 22.1 Å². The van der Waals surface area contributed by atoms with Crippen LogP contribution in [0.25, 0.3) is 0 Å². The van der Waals surface area contributed by atoms with Gasteiger partial charge >= 0.3 is 0 Å². The molecular weight excluding hydrogens is 625 g/mol. The van der Waals surface area contributed by atoms with E-state index in [0.717, 1.165) is 23.5 Å². The molecule has 46 heavy (non-hydrogen) atoms. The SMILES string of the molecule is CC[C@@H](O[Si](C)(C)C(C)(C)C)[C@@](C)(O[Si](C)(C)C(C)(C)C)[C@@H]1OC(c2ccc(OC)cc2)O[C@@H]([C@H](C)CSc2ccccc2)[C@@H]1C. The van der Waals surface area contributed by atoms with Gasteiger partial charge in [-0.25, -0.2) is 0 Å². The molecule has 1 heterocycles. The summed E-state index contributed by atoms with van der Waals surface area (Å²) in [5, 5.41) is 0.0874. The second-order valence-electron chi connectivity index (χ2n) is 16.5. The van der Waals surface area contributed by atoms with Crippen molar-refractivity contribution >= 4 is 28.4 Å². The second kappa shape index (κ2) is 15.2. The molecule has 8 heteroatoms. The summed E-state index contributed by atoms with van der Waals surface area (Å²) in [5.74, 6) is 2.09. The Morgan fingerprint density at radius 1 is 0.826 bits per heavy atom. The van der Waals surface area contributed by atoms with Crippen LogP contribution in [0, 0.1) is 11.8 Å². The highest BCUT2D eigenvalue weighted by molar-refractivity contribution is 7.99. The van der Waals surface area contributed by atoms with Crippen LogP contribution in [0.15, 0.2) is 59.5 Å². The molecule has 1 unspecified atom stereocenters. The van der Waals surface area contributed by atoms with Gasteiger partial charge in [0.1, 0.15) is 11.4 Å². The van der Waals surface area contributed by atoms with Gasteiger partial charge in [-0.15, -0.1) is 11.8 Å². The summed E-state index contributed by atoms with van der Waals surface area (Å²) in [7, 11) is -2.74. The van der Waals surface area contributed by atoms with Crippen molar-refractivity contribution in [1.82, 2.24) is 0 Å². The molecule has 260 valence electrons. The molecular formula is C38H64O5SSi2. The Balaban J connectivity index is 2.13. The topological polar surface area (TPSA) is 46.2 Å². The third-order valence-corrected chi connectivity index (χ3v) is 21.2. The largest absolute Gasteiger partial charge is 0.497 e. The highest BCUT2D eigenvalue weighted by Gasteiger charge is 2.57. The van der Waals surface area contributed by atoms with E-state index in [9.17, 15) is 0 Å². The molecule has 0 N–H and O–H groups in total. The summed E-state index contributed by atoms with van der Waals surface area (Å²) in [6, 6.07) is 18.7. The molecule has 1 saturated heterocycles. The maximum absolute atomic E-state index is 7.62. The number of thioether (sulfide) groups is 1. The van der Waals surface area contributed by atoms with Gasteiger partial charge in [0.2, 0.25) is 0 Å². The molecule has 2 aromatic rings. The Labute approximate surface area is 288 Å². The van der Waals surface area contributed by atoms with Gasteiger partial charge in [-0.2, -0.15) is 0 Å². The zero-order chi connectivity index (χ0) is 34.7. The monoisotopic (exact) mass is 688 g/mol. The van der Waals surface area contributed by atoms with Gasteiger partial charge < -0.3 is 23.1 Å². The smallest absolute Gasteiger partial charge is 0.193 e. The molecule has 1 aliphatic heterocycles. The Morgan fingerprint density at radius 2 is 1.39 bits per heavy atom. The van der Waals surface area contributed by atoms with Crippen molar-refractivity contribution < 1.29 is 23.1 Å². The van der Waals surface area contributed by atoms with Crippen molar-refractivity contribution in [3.8, 4) is 5.75 Å². The summed E-state index contributed by atoms with van der Waals surface area (Å²) < 4.78 is 34.6.